The number of nitrogens with zero attached hydrogens (tertiary/aromatic N) is 3. The van der Waals surface area contributed by atoms with Crippen molar-refractivity contribution in [3.05, 3.63) is 12.2 Å². The molecule has 1 heterocycles. The summed E-state index contributed by atoms with van der Waals surface area (Å²) in [5.41, 5.74) is 5.64. The molecule has 0 bridgehead atoms. The molecule has 0 fully saturated rings. The van der Waals surface area contributed by atoms with Gasteiger partial charge in [-0.2, -0.15) is 5.10 Å². The van der Waals surface area contributed by atoms with Crippen molar-refractivity contribution in [2.24, 2.45) is 18.2 Å². The minimum Gasteiger partial charge on any atom is -0.321 e. The van der Waals surface area contributed by atoms with E-state index in [1.54, 1.807) is 11.7 Å². The van der Waals surface area contributed by atoms with Gasteiger partial charge < -0.3 is 5.73 Å². The molecule has 0 spiro atoms. The maximum atomic E-state index is 11.8. The van der Waals surface area contributed by atoms with Crippen LogP contribution < -0.4 is 5.73 Å². The predicted octanol–water partition coefficient (Wildman–Crippen LogP) is 0.300. The number of carbonyl (C=O) groups is 1. The van der Waals surface area contributed by atoms with Crippen molar-refractivity contribution in [1.29, 1.82) is 0 Å². The number of aromatic nitrogens is 3. The number of aryl methyl sites for hydroxylation is 1. The Morgan fingerprint density at radius 2 is 2.20 bits per heavy atom. The Bertz CT molecular complexity index is 351. The van der Waals surface area contributed by atoms with Crippen molar-refractivity contribution in [3.63, 3.8) is 0 Å². The summed E-state index contributed by atoms with van der Waals surface area (Å²) in [6.07, 6.45) is 1.68. The topological polar surface area (TPSA) is 73.8 Å². The molecule has 1 aromatic heterocycles. The highest BCUT2D eigenvalue weighted by Crippen LogP contribution is 2.18. The molecule has 5 heteroatoms. The number of hydrogen-bond acceptors (Lipinski definition) is 4. The Hall–Kier alpha value is -1.23. The van der Waals surface area contributed by atoms with E-state index < -0.39 is 6.04 Å². The molecule has 1 rings (SSSR count). The van der Waals surface area contributed by atoms with Gasteiger partial charge in [0, 0.05) is 7.05 Å². The van der Waals surface area contributed by atoms with Crippen LogP contribution in [0, 0.1) is 5.41 Å². The summed E-state index contributed by atoms with van der Waals surface area (Å²) >= 11 is 0. The van der Waals surface area contributed by atoms with Crippen LogP contribution in [-0.4, -0.2) is 26.6 Å². The number of hydrogen-bond donors (Lipinski definition) is 1. The lowest BCUT2D eigenvalue weighted by Gasteiger charge is -2.25. The smallest absolute Gasteiger partial charge is 0.157 e. The molecule has 0 aliphatic rings. The highest BCUT2D eigenvalue weighted by atomic mass is 16.1. The Morgan fingerprint density at radius 3 is 2.60 bits per heavy atom. The van der Waals surface area contributed by atoms with E-state index in [1.807, 2.05) is 20.8 Å². The lowest BCUT2D eigenvalue weighted by molar-refractivity contribution is -0.121. The highest BCUT2D eigenvalue weighted by molar-refractivity contribution is 5.85. The standard InChI is InChI=1S/C10H18N4O/c1-10(2,3)9(11)7(15)5-8-12-6-13-14(8)4/h6,9H,5,11H2,1-4H3. The van der Waals surface area contributed by atoms with Crippen LogP contribution in [0.1, 0.15) is 26.6 Å². The molecule has 0 saturated heterocycles. The number of ketones is 1. The summed E-state index contributed by atoms with van der Waals surface area (Å²) in [5.74, 6) is 0.651. The van der Waals surface area contributed by atoms with Crippen molar-refractivity contribution < 1.29 is 4.79 Å². The molecule has 0 saturated carbocycles. The lowest BCUT2D eigenvalue weighted by atomic mass is 9.84. The van der Waals surface area contributed by atoms with Crippen LogP contribution in [0.15, 0.2) is 6.33 Å². The average molecular weight is 210 g/mol. The first kappa shape index (κ1) is 11.8. The van der Waals surface area contributed by atoms with Crippen molar-refractivity contribution in [2.45, 2.75) is 33.2 Å². The van der Waals surface area contributed by atoms with Crippen LogP contribution >= 0.6 is 0 Å². The molecular formula is C10H18N4O. The van der Waals surface area contributed by atoms with Crippen LogP contribution in [0.4, 0.5) is 0 Å². The van der Waals surface area contributed by atoms with Crippen LogP contribution in [-0.2, 0) is 18.3 Å². The van der Waals surface area contributed by atoms with Crippen LogP contribution in [0.2, 0.25) is 0 Å². The molecule has 2 N–H and O–H groups in total. The van der Waals surface area contributed by atoms with E-state index in [0.717, 1.165) is 0 Å². The van der Waals surface area contributed by atoms with Crippen LogP contribution in [0.3, 0.4) is 0 Å². The van der Waals surface area contributed by atoms with Crippen molar-refractivity contribution in [2.75, 3.05) is 0 Å². The quantitative estimate of drug-likeness (QED) is 0.778. The predicted molar refractivity (Wildman–Crippen MR) is 57.1 cm³/mol. The molecule has 0 radical (unpaired) electrons. The van der Waals surface area contributed by atoms with Crippen molar-refractivity contribution >= 4 is 5.78 Å². The second kappa shape index (κ2) is 4.10. The summed E-state index contributed by atoms with van der Waals surface area (Å²) in [6.45, 7) is 5.85. The zero-order chi connectivity index (χ0) is 11.6. The minimum absolute atomic E-state index is 0.00130. The molecule has 0 aromatic carbocycles. The monoisotopic (exact) mass is 210 g/mol. The second-order valence-corrected chi connectivity index (χ2v) is 4.79. The van der Waals surface area contributed by atoms with E-state index in [0.29, 0.717) is 5.82 Å². The summed E-state index contributed by atoms with van der Waals surface area (Å²) in [7, 11) is 1.76. The number of Topliss-reactive ketones (excluding diaryl/α,β-unsaturated/α-hetero) is 1. The number of rotatable bonds is 3. The molecule has 5 nitrogen and oxygen atoms in total. The van der Waals surface area contributed by atoms with Gasteiger partial charge in [0.05, 0.1) is 12.5 Å². The van der Waals surface area contributed by atoms with Gasteiger partial charge in [0.2, 0.25) is 0 Å². The Balaban J connectivity index is 2.69. The van der Waals surface area contributed by atoms with E-state index in [-0.39, 0.29) is 17.6 Å². The van der Waals surface area contributed by atoms with Gasteiger partial charge in [-0.25, -0.2) is 4.98 Å². The maximum Gasteiger partial charge on any atom is 0.157 e. The lowest BCUT2D eigenvalue weighted by Crippen LogP contribution is -2.43. The maximum absolute atomic E-state index is 11.8. The third kappa shape index (κ3) is 2.86. The fourth-order valence-corrected chi connectivity index (χ4v) is 1.23. The first-order chi connectivity index (χ1) is 6.82. The van der Waals surface area contributed by atoms with Gasteiger partial charge in [0.1, 0.15) is 12.2 Å². The summed E-state index contributed by atoms with van der Waals surface area (Å²) in [4.78, 5) is 15.8. The van der Waals surface area contributed by atoms with Crippen LogP contribution in [0.5, 0.6) is 0 Å². The first-order valence-corrected chi connectivity index (χ1v) is 4.93. The van der Waals surface area contributed by atoms with Gasteiger partial charge in [-0.3, -0.25) is 9.48 Å². The molecule has 1 aromatic rings. The van der Waals surface area contributed by atoms with Gasteiger partial charge in [-0.1, -0.05) is 20.8 Å². The molecule has 84 valence electrons. The molecule has 1 atom stereocenters. The largest absolute Gasteiger partial charge is 0.321 e. The fraction of sp³-hybridized carbons (Fsp3) is 0.700. The normalized spacial score (nSPS) is 13.9. The molecule has 15 heavy (non-hydrogen) atoms. The van der Waals surface area contributed by atoms with Crippen LogP contribution in [0.25, 0.3) is 0 Å². The number of carbonyl (C=O) groups excluding carboxylic acids is 1. The first-order valence-electron chi connectivity index (χ1n) is 4.93. The van der Waals surface area contributed by atoms with E-state index >= 15 is 0 Å². The summed E-state index contributed by atoms with van der Waals surface area (Å²) in [6, 6.07) is -0.464. The Labute approximate surface area is 89.7 Å². The van der Waals surface area contributed by atoms with Gasteiger partial charge in [-0.05, 0) is 5.41 Å². The molecule has 0 aliphatic carbocycles. The second-order valence-electron chi connectivity index (χ2n) is 4.79. The molecule has 0 aliphatic heterocycles. The van der Waals surface area contributed by atoms with E-state index in [1.165, 1.54) is 6.33 Å². The zero-order valence-corrected chi connectivity index (χ0v) is 9.69. The van der Waals surface area contributed by atoms with Gasteiger partial charge in [0.25, 0.3) is 0 Å². The van der Waals surface area contributed by atoms with Gasteiger partial charge in [0.15, 0.2) is 5.78 Å². The summed E-state index contributed by atoms with van der Waals surface area (Å²) < 4.78 is 1.59. The van der Waals surface area contributed by atoms with Crippen molar-refractivity contribution in [1.82, 2.24) is 14.8 Å². The van der Waals surface area contributed by atoms with E-state index in [9.17, 15) is 4.79 Å². The summed E-state index contributed by atoms with van der Waals surface area (Å²) in [5, 5.41) is 3.90. The molecular weight excluding hydrogens is 192 g/mol. The Morgan fingerprint density at radius 1 is 1.60 bits per heavy atom. The Kier molecular flexibility index (Phi) is 3.24. The van der Waals surface area contributed by atoms with E-state index in [2.05, 4.69) is 10.1 Å². The van der Waals surface area contributed by atoms with Crippen molar-refractivity contribution in [3.8, 4) is 0 Å². The highest BCUT2D eigenvalue weighted by Gasteiger charge is 2.27. The third-order valence-electron chi connectivity index (χ3n) is 2.42. The SMILES string of the molecule is Cn1ncnc1CC(=O)C(N)C(C)(C)C. The fourth-order valence-electron chi connectivity index (χ4n) is 1.23. The van der Waals surface area contributed by atoms with Gasteiger partial charge >= 0.3 is 0 Å². The third-order valence-corrected chi connectivity index (χ3v) is 2.42. The van der Waals surface area contributed by atoms with E-state index in [4.69, 9.17) is 5.73 Å². The minimum atomic E-state index is -0.464. The number of nitrogens with two attached hydrogens (primary N) is 1. The molecule has 0 amide bonds. The molecule has 1 unspecified atom stereocenters. The zero-order valence-electron chi connectivity index (χ0n) is 9.69. The van der Waals surface area contributed by atoms with Gasteiger partial charge in [-0.15, -0.1) is 0 Å². The average Bonchev–Trinajstić information content (AvgIpc) is 2.49.